The van der Waals surface area contributed by atoms with Crippen molar-refractivity contribution in [3.8, 4) is 0 Å². The third-order valence-corrected chi connectivity index (χ3v) is 6.27. The van der Waals surface area contributed by atoms with Crippen molar-refractivity contribution in [2.24, 2.45) is 0 Å². The Balaban J connectivity index is 1.88. The zero-order valence-electron chi connectivity index (χ0n) is 14.3. The maximum absolute atomic E-state index is 12.6. The number of rotatable bonds is 4. The van der Waals surface area contributed by atoms with Crippen molar-refractivity contribution in [1.29, 1.82) is 0 Å². The summed E-state index contributed by atoms with van der Waals surface area (Å²) in [5, 5.41) is 2.93. The van der Waals surface area contributed by atoms with Gasteiger partial charge >= 0.3 is 0 Å². The summed E-state index contributed by atoms with van der Waals surface area (Å²) < 4.78 is 25.4. The van der Waals surface area contributed by atoms with Crippen LogP contribution in [0.15, 0.2) is 47.4 Å². The molecule has 1 aliphatic rings. The van der Waals surface area contributed by atoms with Gasteiger partial charge in [0.05, 0.1) is 17.6 Å². The van der Waals surface area contributed by atoms with E-state index < -0.39 is 10.0 Å². The van der Waals surface area contributed by atoms with E-state index >= 15 is 0 Å². The van der Waals surface area contributed by atoms with Gasteiger partial charge in [0.1, 0.15) is 0 Å². The summed E-state index contributed by atoms with van der Waals surface area (Å²) in [4.78, 5) is 13.6. The van der Waals surface area contributed by atoms with E-state index in [0.29, 0.717) is 17.7 Å². The lowest BCUT2D eigenvalue weighted by molar-refractivity contribution is 0.102. The van der Waals surface area contributed by atoms with Gasteiger partial charge < -0.3 is 5.32 Å². The number of nitrogens with zero attached hydrogens (tertiary/aromatic N) is 1. The number of benzene rings is 2. The van der Waals surface area contributed by atoms with Gasteiger partial charge in [-0.3, -0.25) is 9.10 Å². The highest BCUT2D eigenvalue weighted by atomic mass is 32.2. The van der Waals surface area contributed by atoms with Crippen LogP contribution < -0.4 is 9.62 Å². The number of nitrogens with one attached hydrogen (secondary N) is 1. The first-order valence-corrected chi connectivity index (χ1v) is 11.0. The maximum atomic E-state index is 12.6. The fourth-order valence-corrected chi connectivity index (χ4v) is 5.01. The van der Waals surface area contributed by atoms with E-state index in [-0.39, 0.29) is 11.9 Å². The van der Waals surface area contributed by atoms with Gasteiger partial charge in [0.15, 0.2) is 0 Å². The predicted molar refractivity (Wildman–Crippen MR) is 103 cm³/mol. The summed E-state index contributed by atoms with van der Waals surface area (Å²) in [7, 11) is -3.33. The summed E-state index contributed by atoms with van der Waals surface area (Å²) in [6.45, 7) is 1.87. The molecule has 7 heteroatoms. The molecule has 1 atom stereocenters. The highest BCUT2D eigenvalue weighted by Crippen LogP contribution is 2.35. The fourth-order valence-electron chi connectivity index (χ4n) is 3.19. The standard InChI is InChI=1S/C18H20N2O3S2/c1-12-10-14-11-13(8-9-16(14)20(12)25(3,22)23)18(21)19-15-6-4-5-7-17(15)24-2/h4-9,11-12H,10H2,1-3H3,(H,19,21). The number of thioether (sulfide) groups is 1. The summed E-state index contributed by atoms with van der Waals surface area (Å²) in [5.41, 5.74) is 2.84. The first-order chi connectivity index (χ1) is 11.8. The Kier molecular flexibility index (Phi) is 4.79. The van der Waals surface area contributed by atoms with Crippen LogP contribution in [0.1, 0.15) is 22.8 Å². The van der Waals surface area contributed by atoms with Crippen LogP contribution in [-0.4, -0.2) is 32.9 Å². The Hall–Kier alpha value is -1.99. The number of hydrogen-bond donors (Lipinski definition) is 1. The number of carbonyl (C=O) groups is 1. The number of anilines is 2. The van der Waals surface area contributed by atoms with Crippen LogP contribution in [0.3, 0.4) is 0 Å². The Bertz CT molecular complexity index is 926. The fraction of sp³-hybridized carbons (Fsp3) is 0.278. The normalized spacial score (nSPS) is 16.6. The quantitative estimate of drug-likeness (QED) is 0.831. The lowest BCUT2D eigenvalue weighted by atomic mass is 10.1. The molecule has 1 aliphatic heterocycles. The minimum absolute atomic E-state index is 0.138. The Morgan fingerprint density at radius 1 is 1.24 bits per heavy atom. The van der Waals surface area contributed by atoms with Gasteiger partial charge in [-0.1, -0.05) is 12.1 Å². The van der Waals surface area contributed by atoms with E-state index in [1.165, 1.54) is 10.6 Å². The predicted octanol–water partition coefficient (Wildman–Crippen LogP) is 3.37. The van der Waals surface area contributed by atoms with Crippen molar-refractivity contribution in [3.63, 3.8) is 0 Å². The van der Waals surface area contributed by atoms with Crippen LogP contribution in [0.2, 0.25) is 0 Å². The lowest BCUT2D eigenvalue weighted by Gasteiger charge is -2.21. The van der Waals surface area contributed by atoms with Gasteiger partial charge in [-0.25, -0.2) is 8.42 Å². The van der Waals surface area contributed by atoms with Crippen molar-refractivity contribution in [2.45, 2.75) is 24.3 Å². The van der Waals surface area contributed by atoms with Crippen molar-refractivity contribution in [1.82, 2.24) is 0 Å². The van der Waals surface area contributed by atoms with Crippen molar-refractivity contribution in [2.75, 3.05) is 22.1 Å². The van der Waals surface area contributed by atoms with Crippen molar-refractivity contribution in [3.05, 3.63) is 53.6 Å². The molecular weight excluding hydrogens is 356 g/mol. The van der Waals surface area contributed by atoms with E-state index in [1.807, 2.05) is 37.4 Å². The van der Waals surface area contributed by atoms with Gasteiger partial charge in [-0.15, -0.1) is 11.8 Å². The number of sulfonamides is 1. The van der Waals surface area contributed by atoms with E-state index in [1.54, 1.807) is 30.0 Å². The molecule has 0 saturated heterocycles. The first kappa shape index (κ1) is 17.8. The number of para-hydroxylation sites is 1. The first-order valence-electron chi connectivity index (χ1n) is 7.88. The van der Waals surface area contributed by atoms with E-state index in [4.69, 9.17) is 0 Å². The molecule has 2 aromatic carbocycles. The summed E-state index contributed by atoms with van der Waals surface area (Å²) in [6.07, 6.45) is 3.77. The molecule has 0 radical (unpaired) electrons. The van der Waals surface area contributed by atoms with Gasteiger partial charge in [0.25, 0.3) is 5.91 Å². The molecule has 0 saturated carbocycles. The number of fused-ring (bicyclic) bond motifs is 1. The smallest absolute Gasteiger partial charge is 0.255 e. The van der Waals surface area contributed by atoms with Crippen molar-refractivity contribution < 1.29 is 13.2 Å². The average molecular weight is 377 g/mol. The summed E-state index contributed by atoms with van der Waals surface area (Å²) in [5.74, 6) is -0.199. The third kappa shape index (κ3) is 3.52. The number of hydrogen-bond acceptors (Lipinski definition) is 4. The Morgan fingerprint density at radius 2 is 1.96 bits per heavy atom. The lowest BCUT2D eigenvalue weighted by Crippen LogP contribution is -2.34. The zero-order valence-corrected chi connectivity index (χ0v) is 15.9. The molecule has 0 spiro atoms. The third-order valence-electron chi connectivity index (χ3n) is 4.21. The Labute approximate surface area is 152 Å². The SMILES string of the molecule is CSc1ccccc1NC(=O)c1ccc2c(c1)CC(C)N2S(C)(=O)=O. The molecule has 1 amide bonds. The second kappa shape index (κ2) is 6.72. The minimum atomic E-state index is -3.33. The second-order valence-corrected chi connectivity index (χ2v) is 8.82. The molecule has 0 aromatic heterocycles. The van der Waals surface area contributed by atoms with Crippen LogP contribution in [0, 0.1) is 0 Å². The molecule has 1 unspecified atom stereocenters. The van der Waals surface area contributed by atoms with E-state index in [0.717, 1.165) is 16.1 Å². The van der Waals surface area contributed by atoms with Gasteiger partial charge in [0.2, 0.25) is 10.0 Å². The monoisotopic (exact) mass is 376 g/mol. The molecule has 0 bridgehead atoms. The largest absolute Gasteiger partial charge is 0.321 e. The highest BCUT2D eigenvalue weighted by Gasteiger charge is 2.32. The van der Waals surface area contributed by atoms with E-state index in [9.17, 15) is 13.2 Å². The molecule has 0 fully saturated rings. The molecule has 0 aliphatic carbocycles. The van der Waals surface area contributed by atoms with Gasteiger partial charge in [-0.05, 0) is 55.5 Å². The van der Waals surface area contributed by atoms with Gasteiger partial charge in [-0.2, -0.15) is 0 Å². The molecule has 2 aromatic rings. The molecule has 1 N–H and O–H groups in total. The molecule has 3 rings (SSSR count). The number of amides is 1. The van der Waals surface area contributed by atoms with Crippen LogP contribution >= 0.6 is 11.8 Å². The van der Waals surface area contributed by atoms with Crippen LogP contribution in [0.5, 0.6) is 0 Å². The van der Waals surface area contributed by atoms with Crippen molar-refractivity contribution >= 4 is 39.1 Å². The minimum Gasteiger partial charge on any atom is -0.321 e. The average Bonchev–Trinajstić information content (AvgIpc) is 2.90. The van der Waals surface area contributed by atoms with Crippen LogP contribution in [0.4, 0.5) is 11.4 Å². The highest BCUT2D eigenvalue weighted by molar-refractivity contribution is 7.98. The maximum Gasteiger partial charge on any atom is 0.255 e. The molecule has 1 heterocycles. The summed E-state index contributed by atoms with van der Waals surface area (Å²) in [6, 6.07) is 12.7. The van der Waals surface area contributed by atoms with E-state index in [2.05, 4.69) is 5.32 Å². The number of carbonyl (C=O) groups excluding carboxylic acids is 1. The zero-order chi connectivity index (χ0) is 18.2. The Morgan fingerprint density at radius 3 is 2.64 bits per heavy atom. The molecule has 132 valence electrons. The summed E-state index contributed by atoms with van der Waals surface area (Å²) >= 11 is 1.57. The molecule has 25 heavy (non-hydrogen) atoms. The topological polar surface area (TPSA) is 66.5 Å². The van der Waals surface area contributed by atoms with Crippen LogP contribution in [0.25, 0.3) is 0 Å². The molecular formula is C18H20N2O3S2. The second-order valence-electron chi connectivity index (χ2n) is 6.11. The van der Waals surface area contributed by atoms with Gasteiger partial charge in [0, 0.05) is 16.5 Å². The van der Waals surface area contributed by atoms with Crippen LogP contribution in [-0.2, 0) is 16.4 Å². The molecule has 5 nitrogen and oxygen atoms in total.